The Hall–Kier alpha value is -3.15. The Bertz CT molecular complexity index is 887. The number of primary amides is 1. The molecule has 3 N–H and O–H groups in total. The number of nitrogens with zero attached hydrogens (tertiary/aromatic N) is 2. The van der Waals surface area contributed by atoms with Crippen molar-refractivity contribution in [2.75, 3.05) is 6.54 Å². The number of hydrogen-bond donors (Lipinski definition) is 2. The van der Waals surface area contributed by atoms with Crippen molar-refractivity contribution in [3.8, 4) is 0 Å². The first-order valence-corrected chi connectivity index (χ1v) is 8.21. The Morgan fingerprint density at radius 2 is 1.76 bits per heavy atom. The molecule has 3 rings (SSSR count). The van der Waals surface area contributed by atoms with Gasteiger partial charge in [-0.05, 0) is 24.3 Å². The number of imidazole rings is 1. The van der Waals surface area contributed by atoms with E-state index < -0.39 is 0 Å². The molecular formula is C19H20N4O2. The number of carbonyl (C=O) groups excluding carboxylic acids is 2. The van der Waals surface area contributed by atoms with E-state index in [1.165, 1.54) is 0 Å². The maximum atomic E-state index is 12.1. The van der Waals surface area contributed by atoms with E-state index in [2.05, 4.69) is 10.3 Å². The zero-order chi connectivity index (χ0) is 17.6. The number of amides is 2. The van der Waals surface area contributed by atoms with Gasteiger partial charge in [-0.2, -0.15) is 0 Å². The summed E-state index contributed by atoms with van der Waals surface area (Å²) in [6.45, 7) is 0.950. The molecule has 6 nitrogen and oxygen atoms in total. The van der Waals surface area contributed by atoms with Crippen LogP contribution in [0.15, 0.2) is 54.6 Å². The van der Waals surface area contributed by atoms with Gasteiger partial charge in [0.15, 0.2) is 0 Å². The third kappa shape index (κ3) is 4.03. The molecule has 0 aliphatic heterocycles. The molecule has 2 aromatic carbocycles. The van der Waals surface area contributed by atoms with E-state index in [1.54, 1.807) is 12.1 Å². The number of nitrogens with two attached hydrogens (primary N) is 1. The van der Waals surface area contributed by atoms with Gasteiger partial charge in [-0.3, -0.25) is 9.59 Å². The van der Waals surface area contributed by atoms with Gasteiger partial charge in [-0.1, -0.05) is 30.3 Å². The summed E-state index contributed by atoms with van der Waals surface area (Å²) in [5.74, 6) is 0.373. The van der Waals surface area contributed by atoms with Crippen LogP contribution in [-0.4, -0.2) is 27.9 Å². The van der Waals surface area contributed by atoms with Crippen molar-refractivity contribution in [2.24, 2.45) is 5.73 Å². The Morgan fingerprint density at radius 1 is 1.04 bits per heavy atom. The van der Waals surface area contributed by atoms with Gasteiger partial charge >= 0.3 is 0 Å². The highest BCUT2D eigenvalue weighted by Gasteiger charge is 2.12. The number of para-hydroxylation sites is 2. The second-order valence-electron chi connectivity index (χ2n) is 5.76. The predicted molar refractivity (Wildman–Crippen MR) is 96.0 cm³/mol. The first-order chi connectivity index (χ1) is 12.1. The van der Waals surface area contributed by atoms with Gasteiger partial charge in [0.1, 0.15) is 5.82 Å². The van der Waals surface area contributed by atoms with Crippen molar-refractivity contribution >= 4 is 22.8 Å². The van der Waals surface area contributed by atoms with E-state index >= 15 is 0 Å². The van der Waals surface area contributed by atoms with E-state index in [0.717, 1.165) is 16.9 Å². The highest BCUT2D eigenvalue weighted by atomic mass is 16.2. The van der Waals surface area contributed by atoms with Crippen molar-refractivity contribution in [1.82, 2.24) is 14.9 Å². The van der Waals surface area contributed by atoms with Gasteiger partial charge in [0.05, 0.1) is 11.0 Å². The molecule has 0 saturated heterocycles. The zero-order valence-electron chi connectivity index (χ0n) is 13.8. The van der Waals surface area contributed by atoms with Gasteiger partial charge in [0.2, 0.25) is 5.91 Å². The number of hydrogen-bond acceptors (Lipinski definition) is 3. The molecule has 0 fully saturated rings. The summed E-state index contributed by atoms with van der Waals surface area (Å²) >= 11 is 0. The molecule has 0 spiro atoms. The molecule has 0 saturated carbocycles. The Balaban J connectivity index is 1.71. The van der Waals surface area contributed by atoms with Crippen LogP contribution in [0.2, 0.25) is 0 Å². The molecular weight excluding hydrogens is 316 g/mol. The SMILES string of the molecule is NC(=O)CCn1c(CCNC(=O)c2ccccc2)nc2ccccc21. The largest absolute Gasteiger partial charge is 0.370 e. The number of carbonyl (C=O) groups is 2. The van der Waals surface area contributed by atoms with Crippen molar-refractivity contribution in [3.05, 3.63) is 66.0 Å². The van der Waals surface area contributed by atoms with Crippen LogP contribution in [0.4, 0.5) is 0 Å². The maximum absolute atomic E-state index is 12.1. The molecule has 0 unspecified atom stereocenters. The lowest BCUT2D eigenvalue weighted by atomic mass is 10.2. The molecule has 128 valence electrons. The lowest BCUT2D eigenvalue weighted by Crippen LogP contribution is -2.26. The third-order valence-corrected chi connectivity index (χ3v) is 3.99. The average molecular weight is 336 g/mol. The van der Waals surface area contributed by atoms with Crippen molar-refractivity contribution in [1.29, 1.82) is 0 Å². The Kier molecular flexibility index (Phi) is 5.09. The summed E-state index contributed by atoms with van der Waals surface area (Å²) in [4.78, 5) is 27.9. The van der Waals surface area contributed by atoms with Crippen LogP contribution in [0.25, 0.3) is 11.0 Å². The van der Waals surface area contributed by atoms with Gasteiger partial charge in [-0.25, -0.2) is 4.98 Å². The molecule has 1 heterocycles. The molecule has 25 heavy (non-hydrogen) atoms. The summed E-state index contributed by atoms with van der Waals surface area (Å²) < 4.78 is 1.99. The van der Waals surface area contributed by atoms with Crippen LogP contribution >= 0.6 is 0 Å². The van der Waals surface area contributed by atoms with Crippen molar-refractivity contribution in [2.45, 2.75) is 19.4 Å². The van der Waals surface area contributed by atoms with E-state index in [0.29, 0.717) is 25.1 Å². The van der Waals surface area contributed by atoms with Crippen LogP contribution in [0.3, 0.4) is 0 Å². The number of aryl methyl sites for hydroxylation is 1. The van der Waals surface area contributed by atoms with Gasteiger partial charge < -0.3 is 15.6 Å². The minimum absolute atomic E-state index is 0.111. The van der Waals surface area contributed by atoms with E-state index in [9.17, 15) is 9.59 Å². The van der Waals surface area contributed by atoms with Crippen LogP contribution in [0.5, 0.6) is 0 Å². The molecule has 0 bridgehead atoms. The fourth-order valence-corrected chi connectivity index (χ4v) is 2.77. The number of aromatic nitrogens is 2. The Morgan fingerprint density at radius 3 is 2.52 bits per heavy atom. The van der Waals surface area contributed by atoms with Crippen LogP contribution in [0, 0.1) is 0 Å². The first kappa shape index (κ1) is 16.7. The van der Waals surface area contributed by atoms with E-state index in [1.807, 2.05) is 47.0 Å². The number of fused-ring (bicyclic) bond motifs is 1. The third-order valence-electron chi connectivity index (χ3n) is 3.99. The average Bonchev–Trinajstić information content (AvgIpc) is 2.98. The standard InChI is InChI=1S/C19H20N4O2/c20-17(24)11-13-23-16-9-5-4-8-15(16)22-18(23)10-12-21-19(25)14-6-2-1-3-7-14/h1-9H,10-13H2,(H2,20,24)(H,21,25). The monoisotopic (exact) mass is 336 g/mol. The molecule has 2 amide bonds. The number of benzene rings is 2. The first-order valence-electron chi connectivity index (χ1n) is 8.21. The second kappa shape index (κ2) is 7.61. The Labute approximate surface area is 145 Å². The topological polar surface area (TPSA) is 90.0 Å². The maximum Gasteiger partial charge on any atom is 0.251 e. The quantitative estimate of drug-likeness (QED) is 0.690. The molecule has 1 aromatic heterocycles. The summed E-state index contributed by atoms with van der Waals surface area (Å²) in [5, 5.41) is 2.90. The normalized spacial score (nSPS) is 10.7. The lowest BCUT2D eigenvalue weighted by molar-refractivity contribution is -0.118. The molecule has 0 radical (unpaired) electrons. The summed E-state index contributed by atoms with van der Waals surface area (Å²) in [6, 6.07) is 16.8. The fraction of sp³-hybridized carbons (Fsp3) is 0.211. The number of rotatable bonds is 7. The van der Waals surface area contributed by atoms with Crippen LogP contribution in [0.1, 0.15) is 22.6 Å². The molecule has 0 aliphatic rings. The fourth-order valence-electron chi connectivity index (χ4n) is 2.77. The summed E-state index contributed by atoms with van der Waals surface area (Å²) in [7, 11) is 0. The number of nitrogens with one attached hydrogen (secondary N) is 1. The predicted octanol–water partition coefficient (Wildman–Crippen LogP) is 1.88. The summed E-state index contributed by atoms with van der Waals surface area (Å²) in [6.07, 6.45) is 0.829. The summed E-state index contributed by atoms with van der Waals surface area (Å²) in [5.41, 5.74) is 7.74. The van der Waals surface area contributed by atoms with Crippen molar-refractivity contribution < 1.29 is 9.59 Å². The zero-order valence-corrected chi connectivity index (χ0v) is 13.8. The molecule has 0 atom stereocenters. The van der Waals surface area contributed by atoms with E-state index in [-0.39, 0.29) is 18.2 Å². The smallest absolute Gasteiger partial charge is 0.251 e. The highest BCUT2D eigenvalue weighted by molar-refractivity contribution is 5.94. The van der Waals surface area contributed by atoms with Crippen molar-refractivity contribution in [3.63, 3.8) is 0 Å². The molecule has 0 aliphatic carbocycles. The molecule has 6 heteroatoms. The van der Waals surface area contributed by atoms with Crippen LogP contribution < -0.4 is 11.1 Å². The van der Waals surface area contributed by atoms with Gasteiger partial charge in [0.25, 0.3) is 5.91 Å². The molecule has 3 aromatic rings. The van der Waals surface area contributed by atoms with Gasteiger partial charge in [-0.15, -0.1) is 0 Å². The highest BCUT2D eigenvalue weighted by Crippen LogP contribution is 2.17. The van der Waals surface area contributed by atoms with Crippen LogP contribution in [-0.2, 0) is 17.8 Å². The van der Waals surface area contributed by atoms with Gasteiger partial charge in [0, 0.05) is 31.5 Å². The minimum atomic E-state index is -0.346. The van der Waals surface area contributed by atoms with E-state index in [4.69, 9.17) is 5.73 Å². The minimum Gasteiger partial charge on any atom is -0.370 e. The lowest BCUT2D eigenvalue weighted by Gasteiger charge is -2.09. The second-order valence-corrected chi connectivity index (χ2v) is 5.76.